The van der Waals surface area contributed by atoms with Crippen LogP contribution < -0.4 is 0 Å². The van der Waals surface area contributed by atoms with E-state index in [1.54, 1.807) is 0 Å². The summed E-state index contributed by atoms with van der Waals surface area (Å²) >= 11 is 3.39. The van der Waals surface area contributed by atoms with Crippen LogP contribution in [0.5, 0.6) is 0 Å². The first kappa shape index (κ1) is 13.1. The van der Waals surface area contributed by atoms with Gasteiger partial charge in [-0.3, -0.25) is 4.79 Å². The van der Waals surface area contributed by atoms with E-state index in [0.717, 1.165) is 10.1 Å². The largest absolute Gasteiger partial charge is 0.460 e. The van der Waals surface area contributed by atoms with E-state index in [2.05, 4.69) is 20.9 Å². The first-order valence-electron chi connectivity index (χ1n) is 5.68. The number of ether oxygens (including phenoxy) is 1. The number of aromatic nitrogens is 2. The van der Waals surface area contributed by atoms with Crippen LogP contribution in [-0.4, -0.2) is 21.0 Å². The summed E-state index contributed by atoms with van der Waals surface area (Å²) in [6.07, 6.45) is 3.93. The van der Waals surface area contributed by atoms with Crippen molar-refractivity contribution < 1.29 is 9.53 Å². The number of hydrogen-bond acceptors (Lipinski definition) is 3. The van der Waals surface area contributed by atoms with E-state index in [4.69, 9.17) is 4.74 Å². The molecule has 2 rings (SSSR count). The minimum Gasteiger partial charge on any atom is -0.460 e. The fraction of sp³-hybridized carbons (Fsp3) is 0.385. The molecular formula is C13H15BrN2O2. The number of carbonyl (C=O) groups is 1. The predicted octanol–water partition coefficient (Wildman–Crippen LogP) is 2.98. The van der Waals surface area contributed by atoms with Crippen molar-refractivity contribution in [2.45, 2.75) is 32.8 Å². The molecule has 2 aromatic heterocycles. The van der Waals surface area contributed by atoms with Crippen LogP contribution in [0.1, 0.15) is 26.5 Å². The quantitative estimate of drug-likeness (QED) is 0.801. The highest BCUT2D eigenvalue weighted by molar-refractivity contribution is 9.10. The molecule has 0 saturated heterocycles. The third-order valence-corrected chi connectivity index (χ3v) is 2.68. The summed E-state index contributed by atoms with van der Waals surface area (Å²) in [7, 11) is 0. The Morgan fingerprint density at radius 1 is 1.39 bits per heavy atom. The number of carbonyl (C=O) groups excluding carboxylic acids is 1. The fourth-order valence-electron chi connectivity index (χ4n) is 1.63. The molecule has 18 heavy (non-hydrogen) atoms. The van der Waals surface area contributed by atoms with Gasteiger partial charge in [0.1, 0.15) is 11.2 Å². The van der Waals surface area contributed by atoms with Gasteiger partial charge in [0.15, 0.2) is 0 Å². The zero-order valence-electron chi connectivity index (χ0n) is 10.6. The highest BCUT2D eigenvalue weighted by atomic mass is 79.9. The van der Waals surface area contributed by atoms with Crippen molar-refractivity contribution in [2.24, 2.45) is 0 Å². The average Bonchev–Trinajstić information content (AvgIpc) is 2.55. The molecule has 0 bridgehead atoms. The number of esters is 1. The van der Waals surface area contributed by atoms with Gasteiger partial charge in [0, 0.05) is 16.9 Å². The van der Waals surface area contributed by atoms with Crippen LogP contribution in [0.2, 0.25) is 0 Å². The molecule has 0 spiro atoms. The zero-order valence-corrected chi connectivity index (χ0v) is 12.2. The van der Waals surface area contributed by atoms with Gasteiger partial charge in [-0.15, -0.1) is 0 Å². The van der Waals surface area contributed by atoms with Crippen LogP contribution in [0.4, 0.5) is 0 Å². The first-order chi connectivity index (χ1) is 8.33. The summed E-state index contributed by atoms with van der Waals surface area (Å²) in [5.74, 6) is -0.259. The van der Waals surface area contributed by atoms with Gasteiger partial charge in [-0.05, 0) is 48.8 Å². The van der Waals surface area contributed by atoms with Crippen LogP contribution in [-0.2, 0) is 16.0 Å². The molecule has 2 heterocycles. The molecule has 0 aliphatic carbocycles. The molecular weight excluding hydrogens is 296 g/mol. The maximum atomic E-state index is 11.7. The molecule has 4 nitrogen and oxygen atoms in total. The number of hydrogen-bond donors (Lipinski definition) is 0. The van der Waals surface area contributed by atoms with E-state index < -0.39 is 5.60 Å². The van der Waals surface area contributed by atoms with Gasteiger partial charge in [-0.1, -0.05) is 0 Å². The van der Waals surface area contributed by atoms with Crippen molar-refractivity contribution in [3.8, 4) is 0 Å². The topological polar surface area (TPSA) is 43.6 Å². The van der Waals surface area contributed by atoms with Gasteiger partial charge in [-0.25, -0.2) is 4.98 Å². The van der Waals surface area contributed by atoms with Crippen molar-refractivity contribution >= 4 is 27.5 Å². The predicted molar refractivity (Wildman–Crippen MR) is 72.4 cm³/mol. The summed E-state index contributed by atoms with van der Waals surface area (Å²) < 4.78 is 8.11. The third kappa shape index (κ3) is 3.32. The lowest BCUT2D eigenvalue weighted by Crippen LogP contribution is -2.24. The summed E-state index contributed by atoms with van der Waals surface area (Å²) in [5, 5.41) is 0. The Bertz CT molecular complexity index is 584. The van der Waals surface area contributed by atoms with Crippen LogP contribution >= 0.6 is 15.9 Å². The molecule has 0 aromatic carbocycles. The van der Waals surface area contributed by atoms with E-state index >= 15 is 0 Å². The number of halogens is 1. The zero-order chi connectivity index (χ0) is 13.3. The Balaban J connectivity index is 2.15. The molecule has 0 N–H and O–H groups in total. The van der Waals surface area contributed by atoms with E-state index in [9.17, 15) is 4.79 Å². The van der Waals surface area contributed by atoms with Gasteiger partial charge in [0.25, 0.3) is 0 Å². The monoisotopic (exact) mass is 310 g/mol. The van der Waals surface area contributed by atoms with Gasteiger partial charge in [-0.2, -0.15) is 0 Å². The van der Waals surface area contributed by atoms with E-state index in [1.807, 2.05) is 49.7 Å². The molecule has 5 heteroatoms. The van der Waals surface area contributed by atoms with Crippen molar-refractivity contribution in [3.05, 3.63) is 34.7 Å². The molecule has 0 amide bonds. The molecule has 0 unspecified atom stereocenters. The lowest BCUT2D eigenvalue weighted by atomic mass is 10.2. The van der Waals surface area contributed by atoms with E-state index in [1.165, 1.54) is 0 Å². The van der Waals surface area contributed by atoms with Crippen molar-refractivity contribution in [1.29, 1.82) is 0 Å². The highest BCUT2D eigenvalue weighted by Gasteiger charge is 2.17. The SMILES string of the molecule is CC(C)(C)OC(=O)Cc1cn2cc(Br)ccc2n1. The molecule has 0 aliphatic rings. The van der Waals surface area contributed by atoms with Crippen LogP contribution in [0.3, 0.4) is 0 Å². The van der Waals surface area contributed by atoms with E-state index in [0.29, 0.717) is 5.69 Å². The summed E-state index contributed by atoms with van der Waals surface area (Å²) in [6, 6.07) is 3.81. The second kappa shape index (κ2) is 4.72. The van der Waals surface area contributed by atoms with Crippen molar-refractivity contribution in [2.75, 3.05) is 0 Å². The normalized spacial score (nSPS) is 11.8. The molecule has 96 valence electrons. The number of nitrogens with zero attached hydrogens (tertiary/aromatic N) is 2. The second-order valence-electron chi connectivity index (χ2n) is 5.11. The van der Waals surface area contributed by atoms with Crippen molar-refractivity contribution in [3.63, 3.8) is 0 Å². The molecule has 2 aromatic rings. The Hall–Kier alpha value is -1.36. The number of fused-ring (bicyclic) bond motifs is 1. The average molecular weight is 311 g/mol. The molecule has 0 radical (unpaired) electrons. The van der Waals surface area contributed by atoms with Gasteiger partial charge < -0.3 is 9.14 Å². The Kier molecular flexibility index (Phi) is 3.43. The van der Waals surface area contributed by atoms with Gasteiger partial charge in [0.2, 0.25) is 0 Å². The smallest absolute Gasteiger partial charge is 0.312 e. The second-order valence-corrected chi connectivity index (χ2v) is 6.02. The fourth-order valence-corrected chi connectivity index (χ4v) is 1.98. The Morgan fingerprint density at radius 3 is 2.78 bits per heavy atom. The molecule has 0 saturated carbocycles. The summed E-state index contributed by atoms with van der Waals surface area (Å²) in [4.78, 5) is 16.1. The maximum absolute atomic E-state index is 11.7. The minimum absolute atomic E-state index is 0.191. The lowest BCUT2D eigenvalue weighted by Gasteiger charge is -2.18. The summed E-state index contributed by atoms with van der Waals surface area (Å²) in [6.45, 7) is 5.56. The standard InChI is InChI=1S/C13H15BrN2O2/c1-13(2,3)18-12(17)6-10-8-16-7-9(14)4-5-11(16)15-10/h4-5,7-8H,6H2,1-3H3. The summed E-state index contributed by atoms with van der Waals surface area (Å²) in [5.41, 5.74) is 1.07. The maximum Gasteiger partial charge on any atom is 0.312 e. The van der Waals surface area contributed by atoms with Crippen LogP contribution in [0, 0.1) is 0 Å². The first-order valence-corrected chi connectivity index (χ1v) is 6.48. The van der Waals surface area contributed by atoms with Gasteiger partial charge >= 0.3 is 5.97 Å². The van der Waals surface area contributed by atoms with Gasteiger partial charge in [0.05, 0.1) is 12.1 Å². The number of imidazole rings is 1. The molecule has 0 atom stereocenters. The number of pyridine rings is 1. The van der Waals surface area contributed by atoms with Crippen LogP contribution in [0.15, 0.2) is 29.0 Å². The number of rotatable bonds is 2. The molecule has 0 aliphatic heterocycles. The van der Waals surface area contributed by atoms with Crippen molar-refractivity contribution in [1.82, 2.24) is 9.38 Å². The van der Waals surface area contributed by atoms with E-state index in [-0.39, 0.29) is 12.4 Å². The Labute approximate surface area is 114 Å². The molecule has 0 fully saturated rings. The Morgan fingerprint density at radius 2 is 2.11 bits per heavy atom. The van der Waals surface area contributed by atoms with Crippen LogP contribution in [0.25, 0.3) is 5.65 Å². The lowest BCUT2D eigenvalue weighted by molar-refractivity contribution is -0.153. The minimum atomic E-state index is -0.459. The highest BCUT2D eigenvalue weighted by Crippen LogP contribution is 2.14. The third-order valence-electron chi connectivity index (χ3n) is 2.21.